The van der Waals surface area contributed by atoms with Crippen LogP contribution in [0.2, 0.25) is 5.02 Å². The molecule has 0 aliphatic rings. The smallest absolute Gasteiger partial charge is 0.294 e. The first-order chi connectivity index (χ1) is 9.47. The molecule has 1 heterocycles. The number of carbonyl (C=O) groups is 1. The van der Waals surface area contributed by atoms with Crippen LogP contribution in [0.1, 0.15) is 10.4 Å². The minimum absolute atomic E-state index is 0.00433. The zero-order chi connectivity index (χ0) is 14.7. The molecular weight excluding hydrogens is 286 g/mol. The lowest BCUT2D eigenvalue weighted by Gasteiger charge is -2.06. The number of aromatic amines is 1. The van der Waals surface area contributed by atoms with Gasteiger partial charge in [0.1, 0.15) is 5.69 Å². The van der Waals surface area contributed by atoms with Crippen LogP contribution < -0.4 is 10.9 Å². The SMILES string of the molecule is O=C(Nc1ccc(Cl)cc1[N+](=O)[O-])c1cc[nH]c(=O)c1. The van der Waals surface area contributed by atoms with Crippen LogP contribution in [0.5, 0.6) is 0 Å². The average molecular weight is 294 g/mol. The Morgan fingerprint density at radius 2 is 2.05 bits per heavy atom. The molecule has 0 unspecified atom stereocenters. The van der Waals surface area contributed by atoms with Gasteiger partial charge >= 0.3 is 0 Å². The van der Waals surface area contributed by atoms with Gasteiger partial charge in [0.25, 0.3) is 11.6 Å². The fourth-order valence-electron chi connectivity index (χ4n) is 1.54. The maximum Gasteiger partial charge on any atom is 0.294 e. The van der Waals surface area contributed by atoms with Crippen molar-refractivity contribution < 1.29 is 9.72 Å². The van der Waals surface area contributed by atoms with Crippen molar-refractivity contribution in [2.24, 2.45) is 0 Å². The Labute approximate surface area is 117 Å². The van der Waals surface area contributed by atoms with E-state index < -0.39 is 16.4 Å². The van der Waals surface area contributed by atoms with Crippen molar-refractivity contribution >= 4 is 28.9 Å². The summed E-state index contributed by atoms with van der Waals surface area (Å²) in [5.41, 5.74) is -0.665. The fourth-order valence-corrected chi connectivity index (χ4v) is 1.71. The second-order valence-corrected chi connectivity index (χ2v) is 4.25. The molecule has 0 bridgehead atoms. The van der Waals surface area contributed by atoms with Gasteiger partial charge in [-0.15, -0.1) is 0 Å². The fraction of sp³-hybridized carbons (Fsp3) is 0. The molecule has 0 spiro atoms. The summed E-state index contributed by atoms with van der Waals surface area (Å²) in [6, 6.07) is 6.36. The van der Waals surface area contributed by atoms with Gasteiger partial charge in [-0.25, -0.2) is 0 Å². The zero-order valence-electron chi connectivity index (χ0n) is 9.92. The second kappa shape index (κ2) is 5.54. The number of nitro groups is 1. The Morgan fingerprint density at radius 1 is 1.30 bits per heavy atom. The topological polar surface area (TPSA) is 105 Å². The van der Waals surface area contributed by atoms with Crippen LogP contribution in [0.3, 0.4) is 0 Å². The number of carbonyl (C=O) groups excluding carboxylic acids is 1. The van der Waals surface area contributed by atoms with E-state index in [1.807, 2.05) is 0 Å². The average Bonchev–Trinajstić information content (AvgIpc) is 2.40. The Morgan fingerprint density at radius 3 is 2.70 bits per heavy atom. The molecule has 0 aliphatic heterocycles. The third-order valence-corrected chi connectivity index (χ3v) is 2.68. The molecule has 2 aromatic rings. The largest absolute Gasteiger partial charge is 0.329 e. The quantitative estimate of drug-likeness (QED) is 0.668. The molecule has 0 radical (unpaired) electrons. The lowest BCUT2D eigenvalue weighted by atomic mass is 10.2. The van der Waals surface area contributed by atoms with E-state index in [0.717, 1.165) is 12.1 Å². The molecule has 0 saturated heterocycles. The van der Waals surface area contributed by atoms with Crippen LogP contribution in [0.15, 0.2) is 41.3 Å². The zero-order valence-corrected chi connectivity index (χ0v) is 10.7. The summed E-state index contributed by atoms with van der Waals surface area (Å²) < 4.78 is 0. The van der Waals surface area contributed by atoms with E-state index in [0.29, 0.717) is 0 Å². The number of rotatable bonds is 3. The molecule has 0 saturated carbocycles. The molecule has 8 heteroatoms. The molecule has 2 rings (SSSR count). The first kappa shape index (κ1) is 13.8. The first-order valence-corrected chi connectivity index (χ1v) is 5.79. The number of pyridine rings is 1. The lowest BCUT2D eigenvalue weighted by molar-refractivity contribution is -0.383. The number of H-pyrrole nitrogens is 1. The maximum absolute atomic E-state index is 11.9. The van der Waals surface area contributed by atoms with Gasteiger partial charge in [0.15, 0.2) is 0 Å². The van der Waals surface area contributed by atoms with Crippen molar-refractivity contribution in [1.82, 2.24) is 4.98 Å². The summed E-state index contributed by atoms with van der Waals surface area (Å²) in [6.07, 6.45) is 1.31. The molecule has 7 nitrogen and oxygen atoms in total. The van der Waals surface area contributed by atoms with Gasteiger partial charge in [-0.1, -0.05) is 11.6 Å². The number of hydrogen-bond donors (Lipinski definition) is 2. The normalized spacial score (nSPS) is 10.1. The maximum atomic E-state index is 11.9. The molecule has 1 aromatic carbocycles. The molecule has 1 amide bonds. The van der Waals surface area contributed by atoms with E-state index in [2.05, 4.69) is 10.3 Å². The number of hydrogen-bond acceptors (Lipinski definition) is 4. The standard InChI is InChI=1S/C12H8ClN3O4/c13-8-1-2-9(10(6-8)16(19)20)15-12(18)7-3-4-14-11(17)5-7/h1-6H,(H,14,17)(H,15,18). The Hall–Kier alpha value is -2.67. The van der Waals surface area contributed by atoms with Gasteiger partial charge in [-0.05, 0) is 18.2 Å². The van der Waals surface area contributed by atoms with Gasteiger partial charge in [0.05, 0.1) is 4.92 Å². The van der Waals surface area contributed by atoms with Crippen LogP contribution >= 0.6 is 11.6 Å². The summed E-state index contributed by atoms with van der Waals surface area (Å²) in [6.45, 7) is 0. The van der Waals surface area contributed by atoms with Crippen molar-refractivity contribution in [1.29, 1.82) is 0 Å². The number of amides is 1. The summed E-state index contributed by atoms with van der Waals surface area (Å²) in [7, 11) is 0. The van der Waals surface area contributed by atoms with Crippen LogP contribution in [-0.4, -0.2) is 15.8 Å². The van der Waals surface area contributed by atoms with Crippen LogP contribution in [-0.2, 0) is 0 Å². The van der Waals surface area contributed by atoms with Gasteiger partial charge in [0.2, 0.25) is 5.56 Å². The van der Waals surface area contributed by atoms with Crippen LogP contribution in [0, 0.1) is 10.1 Å². The predicted octanol–water partition coefficient (Wildman–Crippen LogP) is 2.19. The van der Waals surface area contributed by atoms with E-state index >= 15 is 0 Å². The third-order valence-electron chi connectivity index (χ3n) is 2.44. The van der Waals surface area contributed by atoms with E-state index in [1.54, 1.807) is 0 Å². The number of halogens is 1. The number of anilines is 1. The summed E-state index contributed by atoms with van der Waals surface area (Å²) in [5.74, 6) is -0.624. The number of aromatic nitrogens is 1. The highest BCUT2D eigenvalue weighted by Gasteiger charge is 2.17. The summed E-state index contributed by atoms with van der Waals surface area (Å²) in [5, 5.41) is 13.4. The number of nitrogens with zero attached hydrogens (tertiary/aromatic N) is 1. The third kappa shape index (κ3) is 3.01. The first-order valence-electron chi connectivity index (χ1n) is 5.41. The summed E-state index contributed by atoms with van der Waals surface area (Å²) in [4.78, 5) is 35.6. The molecule has 0 fully saturated rings. The van der Waals surface area contributed by atoms with Crippen LogP contribution in [0.4, 0.5) is 11.4 Å². The van der Waals surface area contributed by atoms with Crippen molar-refractivity contribution in [2.75, 3.05) is 5.32 Å². The molecule has 20 heavy (non-hydrogen) atoms. The van der Waals surface area contributed by atoms with Gasteiger partial charge in [-0.2, -0.15) is 0 Å². The predicted molar refractivity (Wildman–Crippen MR) is 73.1 cm³/mol. The van der Waals surface area contributed by atoms with E-state index in [1.165, 1.54) is 24.4 Å². The number of benzene rings is 1. The molecule has 0 atom stereocenters. The lowest BCUT2D eigenvalue weighted by Crippen LogP contribution is -2.16. The van der Waals surface area contributed by atoms with Crippen molar-refractivity contribution in [3.8, 4) is 0 Å². The van der Waals surface area contributed by atoms with Gasteiger partial charge in [0, 0.05) is 28.9 Å². The highest BCUT2D eigenvalue weighted by molar-refractivity contribution is 6.31. The number of nitro benzene ring substituents is 1. The van der Waals surface area contributed by atoms with Crippen molar-refractivity contribution in [3.05, 3.63) is 67.6 Å². The van der Waals surface area contributed by atoms with E-state index in [9.17, 15) is 19.7 Å². The highest BCUT2D eigenvalue weighted by Crippen LogP contribution is 2.27. The Balaban J connectivity index is 2.33. The van der Waals surface area contributed by atoms with Crippen molar-refractivity contribution in [2.45, 2.75) is 0 Å². The molecule has 2 N–H and O–H groups in total. The van der Waals surface area contributed by atoms with Gasteiger partial charge < -0.3 is 10.3 Å². The van der Waals surface area contributed by atoms with Crippen LogP contribution in [0.25, 0.3) is 0 Å². The molecular formula is C12H8ClN3O4. The second-order valence-electron chi connectivity index (χ2n) is 3.81. The van der Waals surface area contributed by atoms with E-state index in [4.69, 9.17) is 11.6 Å². The Kier molecular flexibility index (Phi) is 3.81. The summed E-state index contributed by atoms with van der Waals surface area (Å²) >= 11 is 5.67. The minimum atomic E-state index is -0.653. The van der Waals surface area contributed by atoms with E-state index in [-0.39, 0.29) is 22.0 Å². The molecule has 102 valence electrons. The minimum Gasteiger partial charge on any atom is -0.329 e. The molecule has 0 aliphatic carbocycles. The highest BCUT2D eigenvalue weighted by atomic mass is 35.5. The number of nitrogens with one attached hydrogen (secondary N) is 2. The van der Waals surface area contributed by atoms with Gasteiger partial charge in [-0.3, -0.25) is 19.7 Å². The monoisotopic (exact) mass is 293 g/mol. The Bertz CT molecular complexity index is 741. The molecule has 1 aromatic heterocycles. The van der Waals surface area contributed by atoms with Crippen molar-refractivity contribution in [3.63, 3.8) is 0 Å².